The Morgan fingerprint density at radius 3 is 2.24 bits per heavy atom. The van der Waals surface area contributed by atoms with E-state index in [1.54, 1.807) is 0 Å². The Bertz CT molecular complexity index is 1630. The van der Waals surface area contributed by atoms with E-state index in [1.807, 2.05) is 60.7 Å². The molecule has 0 aromatic heterocycles. The zero-order chi connectivity index (χ0) is 29.3. The number of carbonyl (C=O) groups is 2. The molecule has 4 N–H and O–H groups in total. The van der Waals surface area contributed by atoms with Gasteiger partial charge in [-0.3, -0.25) is 9.59 Å². The number of methoxy groups -OCH3 is 1. The average Bonchev–Trinajstić information content (AvgIpc) is 2.98. The normalized spacial score (nSPS) is 14.3. The van der Waals surface area contributed by atoms with Crippen LogP contribution in [0.4, 0.5) is 0 Å². The number of ketones is 2. The lowest BCUT2D eigenvalue weighted by atomic mass is 9.88. The third-order valence-electron chi connectivity index (χ3n) is 7.50. The first-order valence-electron chi connectivity index (χ1n) is 13.2. The molecule has 4 aromatic carbocycles. The van der Waals surface area contributed by atoms with E-state index in [-0.39, 0.29) is 75.9 Å². The molecule has 4 aromatic rings. The van der Waals surface area contributed by atoms with Crippen LogP contribution in [0.5, 0.6) is 34.5 Å². The summed E-state index contributed by atoms with van der Waals surface area (Å²) in [6.45, 7) is 1.47. The molecule has 0 spiro atoms. The van der Waals surface area contributed by atoms with Crippen LogP contribution in [-0.4, -0.2) is 39.1 Å². The highest BCUT2D eigenvalue weighted by atomic mass is 16.5. The summed E-state index contributed by atoms with van der Waals surface area (Å²) >= 11 is 0. The molecule has 1 heterocycles. The van der Waals surface area contributed by atoms with E-state index in [0.29, 0.717) is 6.42 Å². The molecule has 8 heteroatoms. The second-order valence-electron chi connectivity index (χ2n) is 10.0. The number of phenolic OH excluding ortho intramolecular Hbond substituents is 4. The van der Waals surface area contributed by atoms with E-state index in [2.05, 4.69) is 0 Å². The van der Waals surface area contributed by atoms with Crippen LogP contribution in [0.3, 0.4) is 0 Å². The van der Waals surface area contributed by atoms with E-state index in [9.17, 15) is 30.0 Å². The Labute approximate surface area is 237 Å². The molecule has 0 saturated carbocycles. The number of carbonyl (C=O) groups excluding carboxylic acids is 2. The van der Waals surface area contributed by atoms with Crippen LogP contribution in [0.25, 0.3) is 0 Å². The predicted octanol–water partition coefficient (Wildman–Crippen LogP) is 5.94. The molecule has 41 heavy (non-hydrogen) atoms. The van der Waals surface area contributed by atoms with Gasteiger partial charge in [-0.25, -0.2) is 0 Å². The van der Waals surface area contributed by atoms with Gasteiger partial charge in [-0.05, 0) is 24.5 Å². The van der Waals surface area contributed by atoms with Crippen LogP contribution in [0.1, 0.15) is 67.5 Å². The molecule has 0 bridgehead atoms. The van der Waals surface area contributed by atoms with Gasteiger partial charge in [0.25, 0.3) is 0 Å². The van der Waals surface area contributed by atoms with Crippen molar-refractivity contribution in [3.63, 3.8) is 0 Å². The minimum absolute atomic E-state index is 0.0118. The maximum absolute atomic E-state index is 13.3. The third kappa shape index (κ3) is 5.16. The van der Waals surface area contributed by atoms with Crippen LogP contribution in [0.15, 0.2) is 66.7 Å². The second kappa shape index (κ2) is 11.3. The summed E-state index contributed by atoms with van der Waals surface area (Å²) < 4.78 is 11.7. The number of hydrogen-bond donors (Lipinski definition) is 4. The fourth-order valence-electron chi connectivity index (χ4n) is 5.26. The van der Waals surface area contributed by atoms with Crippen molar-refractivity contribution in [2.75, 3.05) is 7.11 Å². The number of aromatic hydroxyl groups is 4. The van der Waals surface area contributed by atoms with Crippen molar-refractivity contribution < 1.29 is 39.5 Å². The Hall–Kier alpha value is -4.98. The van der Waals surface area contributed by atoms with Crippen LogP contribution < -0.4 is 9.47 Å². The van der Waals surface area contributed by atoms with Crippen LogP contribution in [-0.2, 0) is 12.8 Å². The van der Waals surface area contributed by atoms with Crippen molar-refractivity contribution in [2.24, 2.45) is 0 Å². The first-order valence-corrected chi connectivity index (χ1v) is 13.2. The summed E-state index contributed by atoms with van der Waals surface area (Å²) in [5, 5.41) is 43.9. The molecule has 1 aliphatic rings. The minimum atomic E-state index is -0.665. The maximum Gasteiger partial charge on any atom is 0.174 e. The van der Waals surface area contributed by atoms with E-state index in [4.69, 9.17) is 9.47 Å². The number of Topliss-reactive ketones (excluding diaryl/α,β-unsaturated/α-hetero) is 2. The minimum Gasteiger partial charge on any atom is -0.507 e. The second-order valence-corrected chi connectivity index (χ2v) is 10.0. The summed E-state index contributed by atoms with van der Waals surface area (Å²) in [6, 6.07) is 19.7. The fraction of sp³-hybridized carbons (Fsp3) is 0.212. The molecule has 0 saturated heterocycles. The number of benzene rings is 4. The van der Waals surface area contributed by atoms with Crippen molar-refractivity contribution in [2.45, 2.75) is 38.7 Å². The quantitative estimate of drug-likeness (QED) is 0.197. The lowest BCUT2D eigenvalue weighted by Crippen LogP contribution is -2.22. The molecule has 1 aliphatic heterocycles. The lowest BCUT2D eigenvalue weighted by molar-refractivity contribution is 0.0841. The van der Waals surface area contributed by atoms with Crippen molar-refractivity contribution in [3.8, 4) is 34.5 Å². The van der Waals surface area contributed by atoms with Crippen LogP contribution in [0, 0.1) is 6.92 Å². The molecule has 0 radical (unpaired) electrons. The maximum atomic E-state index is 13.3. The molecule has 1 atom stereocenters. The third-order valence-corrected chi connectivity index (χ3v) is 7.50. The number of ether oxygens (including phenoxy) is 2. The smallest absolute Gasteiger partial charge is 0.174 e. The molecule has 210 valence electrons. The zero-order valence-electron chi connectivity index (χ0n) is 22.7. The SMILES string of the molecule is COc1cc(O)c(C(=O)CCc2ccccc2)c(O)c1Cc1c(O)c(C)c(O)c2c1OC(c1ccccc1)CC2=O. The Balaban J connectivity index is 1.58. The van der Waals surface area contributed by atoms with Crippen molar-refractivity contribution >= 4 is 11.6 Å². The number of aryl methyl sites for hydroxylation is 1. The molecular weight excluding hydrogens is 524 g/mol. The molecule has 5 rings (SSSR count). The van der Waals surface area contributed by atoms with Crippen LogP contribution in [0.2, 0.25) is 0 Å². The number of hydrogen-bond acceptors (Lipinski definition) is 8. The van der Waals surface area contributed by atoms with Gasteiger partial charge in [0, 0.05) is 35.6 Å². The molecule has 0 aliphatic carbocycles. The van der Waals surface area contributed by atoms with Gasteiger partial charge in [0.2, 0.25) is 0 Å². The molecule has 1 unspecified atom stereocenters. The predicted molar refractivity (Wildman–Crippen MR) is 151 cm³/mol. The van der Waals surface area contributed by atoms with Gasteiger partial charge in [-0.15, -0.1) is 0 Å². The average molecular weight is 555 g/mol. The highest BCUT2D eigenvalue weighted by Crippen LogP contribution is 2.50. The Morgan fingerprint density at radius 2 is 1.59 bits per heavy atom. The monoisotopic (exact) mass is 554 g/mol. The fourth-order valence-corrected chi connectivity index (χ4v) is 5.26. The first kappa shape index (κ1) is 27.6. The van der Waals surface area contributed by atoms with Crippen molar-refractivity contribution in [3.05, 3.63) is 106 Å². The van der Waals surface area contributed by atoms with Crippen LogP contribution >= 0.6 is 0 Å². The van der Waals surface area contributed by atoms with Crippen molar-refractivity contribution in [1.82, 2.24) is 0 Å². The zero-order valence-corrected chi connectivity index (χ0v) is 22.7. The van der Waals surface area contributed by atoms with E-state index < -0.39 is 23.4 Å². The highest BCUT2D eigenvalue weighted by Gasteiger charge is 2.36. The number of fused-ring (bicyclic) bond motifs is 1. The summed E-state index contributed by atoms with van der Waals surface area (Å²) in [4.78, 5) is 26.4. The molecule has 8 nitrogen and oxygen atoms in total. The molecular formula is C33H30O8. The largest absolute Gasteiger partial charge is 0.507 e. The number of rotatable bonds is 8. The summed E-state index contributed by atoms with van der Waals surface area (Å²) in [6.07, 6.45) is -0.462. The van der Waals surface area contributed by atoms with Gasteiger partial charge >= 0.3 is 0 Å². The van der Waals surface area contributed by atoms with Gasteiger partial charge in [-0.1, -0.05) is 60.7 Å². The Morgan fingerprint density at radius 1 is 0.927 bits per heavy atom. The first-order chi connectivity index (χ1) is 19.7. The van der Waals surface area contributed by atoms with Crippen molar-refractivity contribution in [1.29, 1.82) is 0 Å². The van der Waals surface area contributed by atoms with E-state index in [0.717, 1.165) is 11.1 Å². The highest BCUT2D eigenvalue weighted by molar-refractivity contribution is 6.04. The van der Waals surface area contributed by atoms with Gasteiger partial charge < -0.3 is 29.9 Å². The topological polar surface area (TPSA) is 134 Å². The van der Waals surface area contributed by atoms with Gasteiger partial charge in [0.1, 0.15) is 51.7 Å². The molecule has 0 amide bonds. The lowest BCUT2D eigenvalue weighted by Gasteiger charge is -2.29. The van der Waals surface area contributed by atoms with E-state index in [1.165, 1.54) is 20.1 Å². The van der Waals surface area contributed by atoms with E-state index >= 15 is 0 Å². The van der Waals surface area contributed by atoms with Gasteiger partial charge in [0.05, 0.1) is 13.5 Å². The Kier molecular flexibility index (Phi) is 7.57. The van der Waals surface area contributed by atoms with Gasteiger partial charge in [0.15, 0.2) is 11.6 Å². The summed E-state index contributed by atoms with van der Waals surface area (Å²) in [7, 11) is 1.34. The summed E-state index contributed by atoms with van der Waals surface area (Å²) in [5.41, 5.74) is 1.66. The van der Waals surface area contributed by atoms with Gasteiger partial charge in [-0.2, -0.15) is 0 Å². The number of phenols is 4. The standard InChI is InChI=1S/C33H30O8/c1-18-30(37)22(33-29(31(18)38)25(36)16-26(41-33)20-11-7-4-8-12-20)15-21-27(40-2)17-24(35)28(32(21)39)23(34)14-13-19-9-5-3-6-10-19/h3-12,17,26,35,37-39H,13-16H2,1-2H3. The molecule has 0 fully saturated rings. The summed E-state index contributed by atoms with van der Waals surface area (Å²) in [5.74, 6) is -2.42.